The molecular weight excluding hydrogens is 276 g/mol. The third-order valence-corrected chi connectivity index (χ3v) is 5.83. The van der Waals surface area contributed by atoms with E-state index in [1.807, 2.05) is 11.8 Å². The maximum absolute atomic E-state index is 6.22. The second kappa shape index (κ2) is 5.92. The van der Waals surface area contributed by atoms with Gasteiger partial charge >= 0.3 is 0 Å². The summed E-state index contributed by atoms with van der Waals surface area (Å²) in [4.78, 5) is 1.30. The van der Waals surface area contributed by atoms with Gasteiger partial charge in [-0.2, -0.15) is 0 Å². The van der Waals surface area contributed by atoms with Crippen LogP contribution in [0.5, 0.6) is 5.75 Å². The van der Waals surface area contributed by atoms with E-state index >= 15 is 0 Å². The van der Waals surface area contributed by atoms with Crippen molar-refractivity contribution in [1.29, 1.82) is 0 Å². The normalized spacial score (nSPS) is 23.0. The summed E-state index contributed by atoms with van der Waals surface area (Å²) in [5.74, 6) is 1.61. The minimum Gasteiger partial charge on any atom is -0.484 e. The van der Waals surface area contributed by atoms with Gasteiger partial charge in [0, 0.05) is 0 Å². The molecule has 0 aromatic heterocycles. The first-order valence-corrected chi connectivity index (χ1v) is 8.89. The number of hydrogen-bond acceptors (Lipinski definition) is 2. The summed E-state index contributed by atoms with van der Waals surface area (Å²) >= 11 is 1.98. The van der Waals surface area contributed by atoms with Crippen molar-refractivity contribution in [3.05, 3.63) is 47.1 Å². The first-order valence-electron chi connectivity index (χ1n) is 8.01. The van der Waals surface area contributed by atoms with Gasteiger partial charge in [-0.1, -0.05) is 45.4 Å². The summed E-state index contributed by atoms with van der Waals surface area (Å²) in [5, 5.41) is 0.440. The van der Waals surface area contributed by atoms with Gasteiger partial charge in [0.1, 0.15) is 11.9 Å². The molecule has 21 heavy (non-hydrogen) atoms. The minimum absolute atomic E-state index is 0.204. The van der Waals surface area contributed by atoms with Crippen molar-refractivity contribution in [2.45, 2.75) is 62.7 Å². The molecule has 1 heterocycles. The average molecular weight is 300 g/mol. The molecule has 0 amide bonds. The molecule has 2 atom stereocenters. The lowest BCUT2D eigenvalue weighted by molar-refractivity contribution is 0.248. The predicted octanol–water partition coefficient (Wildman–Crippen LogP) is 5.72. The van der Waals surface area contributed by atoms with Crippen LogP contribution >= 0.6 is 11.8 Å². The van der Waals surface area contributed by atoms with Crippen molar-refractivity contribution in [1.82, 2.24) is 0 Å². The van der Waals surface area contributed by atoms with Crippen LogP contribution < -0.4 is 4.74 Å². The fourth-order valence-electron chi connectivity index (χ4n) is 3.14. The van der Waals surface area contributed by atoms with Gasteiger partial charge in [0.25, 0.3) is 0 Å². The quantitative estimate of drug-likeness (QED) is 0.706. The zero-order valence-corrected chi connectivity index (χ0v) is 14.2. The Bertz CT molecular complexity index is 592. The smallest absolute Gasteiger partial charge is 0.133 e. The van der Waals surface area contributed by atoms with Gasteiger partial charge in [-0.3, -0.25) is 0 Å². The van der Waals surface area contributed by atoms with Crippen LogP contribution in [0.15, 0.2) is 46.4 Å². The molecule has 1 nitrogen and oxygen atoms in total. The van der Waals surface area contributed by atoms with Crippen LogP contribution in [0.4, 0.5) is 0 Å². The number of hydrogen-bond donors (Lipinski definition) is 0. The SMILES string of the molecule is CCC(CC)=C1C=C[C@H]2Oc3ccc(C(C)C)cc3S[C@@H]12. The Morgan fingerprint density at radius 2 is 2.00 bits per heavy atom. The van der Waals surface area contributed by atoms with Crippen LogP contribution in [0, 0.1) is 0 Å². The van der Waals surface area contributed by atoms with E-state index in [1.165, 1.54) is 16.0 Å². The molecule has 0 saturated carbocycles. The lowest BCUT2D eigenvalue weighted by atomic mass is 10.0. The van der Waals surface area contributed by atoms with E-state index in [0.717, 1.165) is 18.6 Å². The number of fused-ring (bicyclic) bond motifs is 2. The molecule has 0 saturated heterocycles. The van der Waals surface area contributed by atoms with Crippen molar-refractivity contribution < 1.29 is 4.74 Å². The average Bonchev–Trinajstić information content (AvgIpc) is 2.88. The summed E-state index contributed by atoms with van der Waals surface area (Å²) < 4.78 is 6.22. The summed E-state index contributed by atoms with van der Waals surface area (Å²) in [7, 11) is 0. The number of rotatable bonds is 3. The van der Waals surface area contributed by atoms with E-state index in [9.17, 15) is 0 Å². The van der Waals surface area contributed by atoms with Gasteiger partial charge in [0.15, 0.2) is 0 Å². The first kappa shape index (κ1) is 14.8. The zero-order valence-electron chi connectivity index (χ0n) is 13.3. The number of ether oxygens (including phenoxy) is 1. The molecule has 0 radical (unpaired) electrons. The van der Waals surface area contributed by atoms with Gasteiger partial charge in [-0.25, -0.2) is 0 Å². The van der Waals surface area contributed by atoms with Gasteiger partial charge in [-0.05, 0) is 48.1 Å². The molecule has 0 spiro atoms. The zero-order chi connectivity index (χ0) is 15.0. The van der Waals surface area contributed by atoms with Crippen LogP contribution in [-0.4, -0.2) is 11.4 Å². The van der Waals surface area contributed by atoms with Crippen molar-refractivity contribution in [3.63, 3.8) is 0 Å². The van der Waals surface area contributed by atoms with Gasteiger partial charge in [0.2, 0.25) is 0 Å². The lowest BCUT2D eigenvalue weighted by Crippen LogP contribution is -2.28. The van der Waals surface area contributed by atoms with Gasteiger partial charge in [0.05, 0.1) is 10.1 Å². The topological polar surface area (TPSA) is 9.23 Å². The Labute approximate surface area is 132 Å². The summed E-state index contributed by atoms with van der Waals surface area (Å²) in [6, 6.07) is 6.65. The summed E-state index contributed by atoms with van der Waals surface area (Å²) in [6.45, 7) is 9.00. The van der Waals surface area contributed by atoms with Crippen molar-refractivity contribution in [2.75, 3.05) is 0 Å². The highest BCUT2D eigenvalue weighted by Crippen LogP contribution is 2.47. The van der Waals surface area contributed by atoms with Crippen molar-refractivity contribution in [2.24, 2.45) is 0 Å². The second-order valence-electron chi connectivity index (χ2n) is 6.11. The molecule has 112 valence electrons. The molecule has 1 aromatic carbocycles. The third-order valence-electron chi connectivity index (χ3n) is 4.48. The number of benzene rings is 1. The summed E-state index contributed by atoms with van der Waals surface area (Å²) in [5.41, 5.74) is 4.46. The van der Waals surface area contributed by atoms with Crippen LogP contribution in [-0.2, 0) is 0 Å². The molecule has 1 aromatic rings. The van der Waals surface area contributed by atoms with Gasteiger partial charge in [-0.15, -0.1) is 11.8 Å². The molecular formula is C19H24OS. The molecule has 2 heteroatoms. The Balaban J connectivity index is 1.95. The maximum Gasteiger partial charge on any atom is 0.133 e. The molecule has 0 bridgehead atoms. The highest BCUT2D eigenvalue weighted by molar-refractivity contribution is 8.00. The lowest BCUT2D eigenvalue weighted by Gasteiger charge is -2.30. The maximum atomic E-state index is 6.22. The van der Waals surface area contributed by atoms with Crippen LogP contribution in [0.2, 0.25) is 0 Å². The highest BCUT2D eigenvalue weighted by Gasteiger charge is 2.35. The Hall–Kier alpha value is -1.15. The molecule has 0 unspecified atom stereocenters. The fraction of sp³-hybridized carbons (Fsp3) is 0.474. The van der Waals surface area contributed by atoms with E-state index in [2.05, 4.69) is 58.0 Å². The summed E-state index contributed by atoms with van der Waals surface area (Å²) in [6.07, 6.45) is 7.00. The Morgan fingerprint density at radius 1 is 1.24 bits per heavy atom. The van der Waals surface area contributed by atoms with E-state index < -0.39 is 0 Å². The molecule has 1 aliphatic heterocycles. The number of thioether (sulfide) groups is 1. The number of allylic oxidation sites excluding steroid dienone is 2. The van der Waals surface area contributed by atoms with Gasteiger partial charge < -0.3 is 4.74 Å². The van der Waals surface area contributed by atoms with E-state index in [-0.39, 0.29) is 6.10 Å². The first-order chi connectivity index (χ1) is 10.1. The minimum atomic E-state index is 0.204. The van der Waals surface area contributed by atoms with E-state index in [4.69, 9.17) is 4.74 Å². The Morgan fingerprint density at radius 3 is 2.67 bits per heavy atom. The molecule has 2 aliphatic rings. The highest BCUT2D eigenvalue weighted by atomic mass is 32.2. The second-order valence-corrected chi connectivity index (χ2v) is 7.29. The molecule has 0 N–H and O–H groups in total. The largest absolute Gasteiger partial charge is 0.484 e. The standard InChI is InChI=1S/C19H24OS/c1-5-13(6-2)15-8-10-17-19(15)21-18-11-14(12(3)4)7-9-16(18)20-17/h7-12,17,19H,5-6H2,1-4H3/t17-,19+/m1/s1. The predicted molar refractivity (Wildman–Crippen MR) is 91.3 cm³/mol. The molecule has 1 aliphatic carbocycles. The Kier molecular flexibility index (Phi) is 4.17. The monoisotopic (exact) mass is 300 g/mol. The van der Waals surface area contributed by atoms with Crippen LogP contribution in [0.25, 0.3) is 0 Å². The van der Waals surface area contributed by atoms with E-state index in [1.54, 1.807) is 5.57 Å². The van der Waals surface area contributed by atoms with E-state index in [0.29, 0.717) is 11.2 Å². The molecule has 3 rings (SSSR count). The van der Waals surface area contributed by atoms with Crippen LogP contribution in [0.3, 0.4) is 0 Å². The fourth-order valence-corrected chi connectivity index (χ4v) is 4.50. The van der Waals surface area contributed by atoms with Crippen molar-refractivity contribution >= 4 is 11.8 Å². The third kappa shape index (κ3) is 2.66. The molecule has 0 fully saturated rings. The van der Waals surface area contributed by atoms with Crippen LogP contribution in [0.1, 0.15) is 52.0 Å². The van der Waals surface area contributed by atoms with Crippen molar-refractivity contribution in [3.8, 4) is 5.75 Å².